The molecule has 1 atom stereocenters. The van der Waals surface area contributed by atoms with Gasteiger partial charge in [-0.3, -0.25) is 0 Å². The van der Waals surface area contributed by atoms with Crippen LogP contribution >= 0.6 is 0 Å². The quantitative estimate of drug-likeness (QED) is 0.590. The first-order valence-corrected chi connectivity index (χ1v) is 7.77. The number of ether oxygens (including phenoxy) is 2. The molecule has 0 aliphatic heterocycles. The molecule has 0 aromatic heterocycles. The third-order valence-corrected chi connectivity index (χ3v) is 3.30. The zero-order chi connectivity index (χ0) is 17.9. The summed E-state index contributed by atoms with van der Waals surface area (Å²) in [5.74, 6) is 0.320. The van der Waals surface area contributed by atoms with E-state index in [2.05, 4.69) is 20.1 Å². The summed E-state index contributed by atoms with van der Waals surface area (Å²) >= 11 is 0. The van der Waals surface area contributed by atoms with Crippen LogP contribution in [0.3, 0.4) is 0 Å². The van der Waals surface area contributed by atoms with Crippen LogP contribution in [0.25, 0.3) is 0 Å². The highest BCUT2D eigenvalue weighted by atomic mass is 16.6. The van der Waals surface area contributed by atoms with Gasteiger partial charge in [0, 0.05) is 13.1 Å². The van der Waals surface area contributed by atoms with Crippen LogP contribution in [0.15, 0.2) is 25.3 Å². The van der Waals surface area contributed by atoms with Gasteiger partial charge in [0.2, 0.25) is 0 Å². The lowest BCUT2D eigenvalue weighted by atomic mass is 9.83. The number of carbonyl (C=O) groups excluding carboxylic acids is 2. The normalized spacial score (nSPS) is 12.1. The van der Waals surface area contributed by atoms with Crippen LogP contribution in [0.1, 0.15) is 33.6 Å². The topological polar surface area (TPSA) is 81.9 Å². The molecular weight excluding hydrogens is 296 g/mol. The zero-order valence-electron chi connectivity index (χ0n) is 14.5. The number of amides is 2. The van der Waals surface area contributed by atoms with Gasteiger partial charge in [0.1, 0.15) is 0 Å². The Kier molecular flexibility index (Phi) is 9.78. The molecule has 0 saturated carbocycles. The molecule has 0 bridgehead atoms. The maximum atomic E-state index is 12.0. The number of hydrogen-bond acceptors (Lipinski definition) is 4. The van der Waals surface area contributed by atoms with E-state index in [4.69, 9.17) is 15.2 Å². The molecule has 0 aliphatic carbocycles. The highest BCUT2D eigenvalue weighted by Crippen LogP contribution is 2.27. The molecule has 0 aromatic carbocycles. The fourth-order valence-corrected chi connectivity index (χ4v) is 2.35. The molecule has 1 unspecified atom stereocenters. The third kappa shape index (κ3) is 10.4. The molecule has 0 heterocycles. The van der Waals surface area contributed by atoms with Crippen molar-refractivity contribution in [2.75, 3.05) is 26.3 Å². The highest BCUT2D eigenvalue weighted by Gasteiger charge is 2.24. The molecule has 0 fully saturated rings. The number of carbonyl (C=O) groups is 2. The fraction of sp³-hybridized carbons (Fsp3) is 0.647. The van der Waals surface area contributed by atoms with E-state index in [-0.39, 0.29) is 11.5 Å². The summed E-state index contributed by atoms with van der Waals surface area (Å²) in [4.78, 5) is 24.1. The third-order valence-electron chi connectivity index (χ3n) is 3.30. The minimum Gasteiger partial charge on any atom is -0.450 e. The lowest BCUT2D eigenvalue weighted by Crippen LogP contribution is -2.34. The molecular formula is C17H30N2O4. The molecule has 2 amide bonds. The van der Waals surface area contributed by atoms with Crippen LogP contribution in [0.5, 0.6) is 0 Å². The van der Waals surface area contributed by atoms with Crippen molar-refractivity contribution in [3.8, 4) is 0 Å². The fourth-order valence-electron chi connectivity index (χ4n) is 2.35. The summed E-state index contributed by atoms with van der Waals surface area (Å²) in [6, 6.07) is 0. The maximum absolute atomic E-state index is 12.0. The van der Waals surface area contributed by atoms with E-state index in [0.29, 0.717) is 32.2 Å². The van der Waals surface area contributed by atoms with E-state index >= 15 is 0 Å². The largest absolute Gasteiger partial charge is 0.450 e. The summed E-state index contributed by atoms with van der Waals surface area (Å²) in [6.45, 7) is 14.9. The van der Waals surface area contributed by atoms with Gasteiger partial charge in [-0.1, -0.05) is 32.9 Å². The average Bonchev–Trinajstić information content (AvgIpc) is 2.43. The Balaban J connectivity index is 4.28. The van der Waals surface area contributed by atoms with Crippen molar-refractivity contribution in [3.63, 3.8) is 0 Å². The van der Waals surface area contributed by atoms with Gasteiger partial charge in [-0.15, -0.1) is 13.2 Å². The molecule has 23 heavy (non-hydrogen) atoms. The molecule has 132 valence electrons. The minimum atomic E-state index is -0.755. The molecule has 0 spiro atoms. The Bertz CT molecular complexity index is 397. The summed E-state index contributed by atoms with van der Waals surface area (Å²) in [5.41, 5.74) is 4.76. The molecule has 0 aliphatic rings. The second kappa shape index (κ2) is 10.7. The number of hydrogen-bond donors (Lipinski definition) is 1. The molecule has 2 N–H and O–H groups in total. The van der Waals surface area contributed by atoms with Crippen LogP contribution in [0, 0.1) is 11.3 Å². The van der Waals surface area contributed by atoms with Crippen LogP contribution in [0.2, 0.25) is 0 Å². The Morgan fingerprint density at radius 1 is 1.22 bits per heavy atom. The van der Waals surface area contributed by atoms with Crippen LogP contribution in [-0.2, 0) is 9.47 Å². The SMILES string of the molecule is C=CCN(CC=C)C(=O)OCC(C)(C)CC(C)CCOC(N)=O. The van der Waals surface area contributed by atoms with Gasteiger partial charge in [-0.25, -0.2) is 9.59 Å². The van der Waals surface area contributed by atoms with Gasteiger partial charge in [-0.2, -0.15) is 0 Å². The lowest BCUT2D eigenvalue weighted by Gasteiger charge is -2.29. The van der Waals surface area contributed by atoms with E-state index in [1.54, 1.807) is 12.2 Å². The minimum absolute atomic E-state index is 0.171. The van der Waals surface area contributed by atoms with Crippen molar-refractivity contribution in [1.29, 1.82) is 0 Å². The number of nitrogens with zero attached hydrogens (tertiary/aromatic N) is 1. The van der Waals surface area contributed by atoms with E-state index in [1.165, 1.54) is 4.90 Å². The Morgan fingerprint density at radius 3 is 2.26 bits per heavy atom. The molecule has 0 aromatic rings. The first-order chi connectivity index (χ1) is 10.7. The predicted octanol–water partition coefficient (Wildman–Crippen LogP) is 3.33. The van der Waals surface area contributed by atoms with Crippen LogP contribution in [-0.4, -0.2) is 43.4 Å². The molecule has 0 rings (SSSR count). The number of rotatable bonds is 11. The molecule has 0 saturated heterocycles. The monoisotopic (exact) mass is 326 g/mol. The van der Waals surface area contributed by atoms with Crippen LogP contribution < -0.4 is 5.73 Å². The van der Waals surface area contributed by atoms with E-state index in [0.717, 1.165) is 12.8 Å². The van der Waals surface area contributed by atoms with Crippen molar-refractivity contribution in [2.45, 2.75) is 33.6 Å². The first-order valence-electron chi connectivity index (χ1n) is 7.77. The van der Waals surface area contributed by atoms with Crippen LogP contribution in [0.4, 0.5) is 9.59 Å². The van der Waals surface area contributed by atoms with Crippen molar-refractivity contribution >= 4 is 12.2 Å². The second-order valence-electron chi connectivity index (χ2n) is 6.47. The van der Waals surface area contributed by atoms with Crippen molar-refractivity contribution in [3.05, 3.63) is 25.3 Å². The highest BCUT2D eigenvalue weighted by molar-refractivity contribution is 5.68. The summed E-state index contributed by atoms with van der Waals surface area (Å²) in [5, 5.41) is 0. The summed E-state index contributed by atoms with van der Waals surface area (Å²) in [6.07, 6.45) is 3.73. The smallest absolute Gasteiger partial charge is 0.410 e. The Morgan fingerprint density at radius 2 is 1.78 bits per heavy atom. The standard InChI is InChI=1S/C17H30N2O4/c1-6-9-19(10-7-2)16(21)23-13-17(4,5)12-14(3)8-11-22-15(18)20/h6-7,14H,1-2,8-13H2,3-5H3,(H2,18,20). The van der Waals surface area contributed by atoms with Gasteiger partial charge in [-0.05, 0) is 24.2 Å². The summed E-state index contributed by atoms with van der Waals surface area (Å²) in [7, 11) is 0. The molecule has 6 nitrogen and oxygen atoms in total. The Labute approximate surface area is 139 Å². The second-order valence-corrected chi connectivity index (χ2v) is 6.47. The average molecular weight is 326 g/mol. The van der Waals surface area contributed by atoms with E-state index in [1.807, 2.05) is 13.8 Å². The number of primary amides is 1. The van der Waals surface area contributed by atoms with Crippen molar-refractivity contribution < 1.29 is 19.1 Å². The van der Waals surface area contributed by atoms with Gasteiger partial charge in [0.25, 0.3) is 0 Å². The van der Waals surface area contributed by atoms with Gasteiger partial charge >= 0.3 is 12.2 Å². The lowest BCUT2D eigenvalue weighted by molar-refractivity contribution is 0.0607. The molecule has 6 heteroatoms. The zero-order valence-corrected chi connectivity index (χ0v) is 14.5. The Hall–Kier alpha value is -1.98. The van der Waals surface area contributed by atoms with Gasteiger partial charge < -0.3 is 20.1 Å². The van der Waals surface area contributed by atoms with Crippen molar-refractivity contribution in [2.24, 2.45) is 17.1 Å². The van der Waals surface area contributed by atoms with Gasteiger partial charge in [0.15, 0.2) is 0 Å². The first kappa shape index (κ1) is 21.0. The molecule has 0 radical (unpaired) electrons. The number of nitrogens with two attached hydrogens (primary N) is 1. The summed E-state index contributed by atoms with van der Waals surface area (Å²) < 4.78 is 10.1. The van der Waals surface area contributed by atoms with E-state index < -0.39 is 6.09 Å². The predicted molar refractivity (Wildman–Crippen MR) is 91.0 cm³/mol. The maximum Gasteiger partial charge on any atom is 0.410 e. The van der Waals surface area contributed by atoms with Gasteiger partial charge in [0.05, 0.1) is 13.2 Å². The van der Waals surface area contributed by atoms with Crippen molar-refractivity contribution in [1.82, 2.24) is 4.90 Å². The van der Waals surface area contributed by atoms with E-state index in [9.17, 15) is 9.59 Å².